The third-order valence-electron chi connectivity index (χ3n) is 6.82. The van der Waals surface area contributed by atoms with Gasteiger partial charge in [-0.1, -0.05) is 24.3 Å². The molecule has 0 radical (unpaired) electrons. The first-order valence-corrected chi connectivity index (χ1v) is 13.2. The topological polar surface area (TPSA) is 70.2 Å². The number of benzene rings is 2. The predicted molar refractivity (Wildman–Crippen MR) is 128 cm³/mol. The highest BCUT2D eigenvalue weighted by atomic mass is 32.2. The molecule has 0 spiro atoms. The summed E-state index contributed by atoms with van der Waals surface area (Å²) in [7, 11) is -2.23. The molecule has 184 valence electrons. The van der Waals surface area contributed by atoms with E-state index in [1.54, 1.807) is 7.11 Å². The van der Waals surface area contributed by atoms with Crippen LogP contribution in [0.15, 0.2) is 53.4 Å². The van der Waals surface area contributed by atoms with Crippen molar-refractivity contribution in [1.29, 1.82) is 0 Å². The van der Waals surface area contributed by atoms with Crippen LogP contribution >= 0.6 is 0 Å². The Bertz CT molecular complexity index is 1080. The second kappa shape index (κ2) is 10.8. The van der Waals surface area contributed by atoms with Crippen molar-refractivity contribution in [3.05, 3.63) is 59.9 Å². The van der Waals surface area contributed by atoms with Gasteiger partial charge < -0.3 is 9.64 Å². The van der Waals surface area contributed by atoms with Gasteiger partial charge in [-0.3, -0.25) is 9.69 Å². The molecule has 0 unspecified atom stereocenters. The number of piperazine rings is 1. The van der Waals surface area contributed by atoms with E-state index in [4.69, 9.17) is 4.74 Å². The number of halogens is 1. The van der Waals surface area contributed by atoms with Crippen LogP contribution in [0, 0.1) is 11.7 Å². The molecule has 0 bridgehead atoms. The van der Waals surface area contributed by atoms with Crippen molar-refractivity contribution in [1.82, 2.24) is 14.1 Å². The summed E-state index contributed by atoms with van der Waals surface area (Å²) < 4.78 is 46.1. The lowest BCUT2D eigenvalue weighted by Crippen LogP contribution is -2.52. The van der Waals surface area contributed by atoms with Crippen LogP contribution in [0.5, 0.6) is 5.75 Å². The maximum atomic E-state index is 14.0. The molecule has 34 heavy (non-hydrogen) atoms. The van der Waals surface area contributed by atoms with Crippen molar-refractivity contribution in [3.8, 4) is 5.75 Å². The van der Waals surface area contributed by atoms with Crippen LogP contribution in [0.2, 0.25) is 0 Å². The number of rotatable bonds is 7. The summed E-state index contributed by atoms with van der Waals surface area (Å²) >= 11 is 0. The van der Waals surface area contributed by atoms with Gasteiger partial charge in [0.05, 0.1) is 7.11 Å². The minimum absolute atomic E-state index is 0.109. The summed E-state index contributed by atoms with van der Waals surface area (Å²) in [5.41, 5.74) is 1.26. The third-order valence-corrected chi connectivity index (χ3v) is 8.75. The Balaban J connectivity index is 1.23. The minimum atomic E-state index is -3.89. The van der Waals surface area contributed by atoms with Gasteiger partial charge in [0.25, 0.3) is 0 Å². The maximum Gasteiger partial charge on any atom is 0.245 e. The summed E-state index contributed by atoms with van der Waals surface area (Å²) in [6, 6.07) is 13.5. The first kappa shape index (κ1) is 24.6. The van der Waals surface area contributed by atoms with Crippen LogP contribution in [-0.2, 0) is 21.2 Å². The zero-order valence-electron chi connectivity index (χ0n) is 19.5. The van der Waals surface area contributed by atoms with Gasteiger partial charge >= 0.3 is 0 Å². The van der Waals surface area contributed by atoms with Crippen molar-refractivity contribution in [3.63, 3.8) is 0 Å². The van der Waals surface area contributed by atoms with E-state index in [9.17, 15) is 17.6 Å². The normalized spacial score (nSPS) is 18.7. The lowest BCUT2D eigenvalue weighted by atomic mass is 9.96. The van der Waals surface area contributed by atoms with E-state index in [0.29, 0.717) is 25.9 Å². The Morgan fingerprint density at radius 3 is 2.24 bits per heavy atom. The second-order valence-corrected chi connectivity index (χ2v) is 10.8. The van der Waals surface area contributed by atoms with E-state index < -0.39 is 15.8 Å². The van der Waals surface area contributed by atoms with Gasteiger partial charge in [-0.2, -0.15) is 4.31 Å². The molecule has 0 N–H and O–H groups in total. The number of carbonyl (C=O) groups is 1. The standard InChI is InChI=1S/C25H32FN3O4S/c1-33-22-8-6-20(7-9-22)10-13-27-16-18-28(19-17-27)25(30)21-11-14-29(15-12-21)34(31,32)24-5-3-2-4-23(24)26/h2-9,21H,10-19H2,1H3. The van der Waals surface area contributed by atoms with Crippen molar-refractivity contribution >= 4 is 15.9 Å². The average Bonchev–Trinajstić information content (AvgIpc) is 2.88. The summed E-state index contributed by atoms with van der Waals surface area (Å²) in [6.45, 7) is 4.46. The number of sulfonamides is 1. The summed E-state index contributed by atoms with van der Waals surface area (Å²) in [6.07, 6.45) is 1.88. The van der Waals surface area contributed by atoms with Crippen molar-refractivity contribution in [2.24, 2.45) is 5.92 Å². The van der Waals surface area contributed by atoms with E-state index in [1.165, 1.54) is 28.1 Å². The Labute approximate surface area is 201 Å². The summed E-state index contributed by atoms with van der Waals surface area (Å²) in [5, 5.41) is 0. The minimum Gasteiger partial charge on any atom is -0.497 e. The Hall–Kier alpha value is -2.49. The fraction of sp³-hybridized carbons (Fsp3) is 0.480. The van der Waals surface area contributed by atoms with E-state index in [1.807, 2.05) is 17.0 Å². The van der Waals surface area contributed by atoms with E-state index in [2.05, 4.69) is 17.0 Å². The number of ether oxygens (including phenoxy) is 1. The smallest absolute Gasteiger partial charge is 0.245 e. The molecular weight excluding hydrogens is 457 g/mol. The van der Waals surface area contributed by atoms with E-state index in [0.717, 1.165) is 37.9 Å². The van der Waals surface area contributed by atoms with Gasteiger partial charge in [0, 0.05) is 51.7 Å². The highest BCUT2D eigenvalue weighted by Crippen LogP contribution is 2.26. The highest BCUT2D eigenvalue weighted by molar-refractivity contribution is 7.89. The molecule has 2 aliphatic heterocycles. The van der Waals surface area contributed by atoms with Gasteiger partial charge in [-0.15, -0.1) is 0 Å². The third kappa shape index (κ3) is 5.59. The number of piperidine rings is 1. The molecule has 9 heteroatoms. The summed E-state index contributed by atoms with van der Waals surface area (Å²) in [4.78, 5) is 17.0. The molecule has 1 amide bonds. The number of hydrogen-bond acceptors (Lipinski definition) is 5. The molecule has 0 aromatic heterocycles. The molecule has 0 saturated carbocycles. The number of amides is 1. The quantitative estimate of drug-likeness (QED) is 0.598. The molecule has 7 nitrogen and oxygen atoms in total. The van der Waals surface area contributed by atoms with Gasteiger partial charge in [0.2, 0.25) is 15.9 Å². The highest BCUT2D eigenvalue weighted by Gasteiger charge is 2.35. The molecule has 2 fully saturated rings. The van der Waals surface area contributed by atoms with Crippen LogP contribution < -0.4 is 4.74 Å². The Morgan fingerprint density at radius 1 is 0.971 bits per heavy atom. The lowest BCUT2D eigenvalue weighted by Gasteiger charge is -2.38. The Morgan fingerprint density at radius 2 is 1.62 bits per heavy atom. The molecule has 2 saturated heterocycles. The first-order valence-electron chi connectivity index (χ1n) is 11.8. The molecule has 4 rings (SSSR count). The molecular formula is C25H32FN3O4S. The first-order chi connectivity index (χ1) is 16.4. The zero-order chi connectivity index (χ0) is 24.1. The van der Waals surface area contributed by atoms with Gasteiger partial charge in [0.15, 0.2) is 0 Å². The second-order valence-electron chi connectivity index (χ2n) is 8.87. The van der Waals surface area contributed by atoms with E-state index >= 15 is 0 Å². The molecule has 2 aromatic carbocycles. The number of methoxy groups -OCH3 is 1. The lowest BCUT2D eigenvalue weighted by molar-refractivity contribution is -0.138. The van der Waals surface area contributed by atoms with Crippen molar-refractivity contribution < 1.29 is 22.3 Å². The van der Waals surface area contributed by atoms with Crippen LogP contribution in [0.3, 0.4) is 0 Å². The molecule has 0 atom stereocenters. The predicted octanol–water partition coefficient (Wildman–Crippen LogP) is 2.62. The van der Waals surface area contributed by atoms with Crippen LogP contribution in [0.4, 0.5) is 4.39 Å². The van der Waals surface area contributed by atoms with Crippen LogP contribution in [0.1, 0.15) is 18.4 Å². The Kier molecular flexibility index (Phi) is 7.85. The molecule has 0 aliphatic carbocycles. The average molecular weight is 490 g/mol. The molecule has 2 aliphatic rings. The van der Waals surface area contributed by atoms with E-state index in [-0.39, 0.29) is 29.8 Å². The fourth-order valence-electron chi connectivity index (χ4n) is 4.67. The fourth-order valence-corrected chi connectivity index (χ4v) is 6.20. The largest absolute Gasteiger partial charge is 0.497 e. The molecule has 2 aromatic rings. The van der Waals surface area contributed by atoms with Gasteiger partial charge in [0.1, 0.15) is 16.5 Å². The number of carbonyl (C=O) groups excluding carboxylic acids is 1. The maximum absolute atomic E-state index is 14.0. The van der Waals surface area contributed by atoms with Crippen LogP contribution in [-0.4, -0.2) is 81.4 Å². The SMILES string of the molecule is COc1ccc(CCN2CCN(C(=O)C3CCN(S(=O)(=O)c4ccccc4F)CC3)CC2)cc1. The summed E-state index contributed by atoms with van der Waals surface area (Å²) in [5.74, 6) is 0.0350. The monoisotopic (exact) mass is 489 g/mol. The number of nitrogens with zero attached hydrogens (tertiary/aromatic N) is 3. The number of hydrogen-bond donors (Lipinski definition) is 0. The van der Waals surface area contributed by atoms with Crippen molar-refractivity contribution in [2.75, 3.05) is 52.9 Å². The van der Waals surface area contributed by atoms with Gasteiger partial charge in [-0.05, 0) is 49.1 Å². The van der Waals surface area contributed by atoms with Crippen LogP contribution in [0.25, 0.3) is 0 Å². The van der Waals surface area contributed by atoms with Gasteiger partial charge in [-0.25, -0.2) is 12.8 Å². The van der Waals surface area contributed by atoms with Crippen molar-refractivity contribution in [2.45, 2.75) is 24.2 Å². The zero-order valence-corrected chi connectivity index (χ0v) is 20.3. The molecule has 2 heterocycles.